The van der Waals surface area contributed by atoms with Gasteiger partial charge in [-0.3, -0.25) is 9.48 Å². The summed E-state index contributed by atoms with van der Waals surface area (Å²) in [5.41, 5.74) is -0.671. The average Bonchev–Trinajstić information content (AvgIpc) is 2.67. The van der Waals surface area contributed by atoms with Gasteiger partial charge in [-0.05, 0) is 6.92 Å². The molecular weight excluding hydrogens is 242 g/mol. The molecular formula is C10H11N3O5. The van der Waals surface area contributed by atoms with Crippen LogP contribution in [0.4, 0.5) is 0 Å². The van der Waals surface area contributed by atoms with E-state index in [4.69, 9.17) is 4.74 Å². The molecule has 0 unspecified atom stereocenters. The van der Waals surface area contributed by atoms with Gasteiger partial charge in [0.15, 0.2) is 5.65 Å². The maximum absolute atomic E-state index is 11.5. The van der Waals surface area contributed by atoms with Gasteiger partial charge in [0, 0.05) is 13.2 Å². The van der Waals surface area contributed by atoms with E-state index in [9.17, 15) is 14.4 Å². The summed E-state index contributed by atoms with van der Waals surface area (Å²) < 4.78 is 11.6. The van der Waals surface area contributed by atoms with E-state index in [0.717, 1.165) is 4.57 Å². The van der Waals surface area contributed by atoms with Crippen molar-refractivity contribution in [1.82, 2.24) is 14.3 Å². The molecule has 8 heteroatoms. The Morgan fingerprint density at radius 3 is 2.89 bits per heavy atom. The molecule has 0 fully saturated rings. The lowest BCUT2D eigenvalue weighted by atomic mass is 10.4. The monoisotopic (exact) mass is 253 g/mol. The Morgan fingerprint density at radius 1 is 1.50 bits per heavy atom. The third-order valence-corrected chi connectivity index (χ3v) is 2.28. The highest BCUT2D eigenvalue weighted by atomic mass is 16.5. The number of rotatable bonds is 3. The Bertz CT molecular complexity index is 708. The second-order valence-electron chi connectivity index (χ2n) is 3.59. The highest BCUT2D eigenvalue weighted by Gasteiger charge is 2.15. The summed E-state index contributed by atoms with van der Waals surface area (Å²) in [4.78, 5) is 34.3. The SMILES string of the molecule is CCOC(=O)Cn1c(=O)oc(=O)c2cn(C)nc21. The Hall–Kier alpha value is -2.38. The zero-order valence-corrected chi connectivity index (χ0v) is 9.87. The molecule has 0 spiro atoms. The summed E-state index contributed by atoms with van der Waals surface area (Å²) in [5, 5.41) is 4.10. The summed E-state index contributed by atoms with van der Waals surface area (Å²) in [6, 6.07) is 0. The smallest absolute Gasteiger partial charge is 0.424 e. The number of esters is 1. The molecule has 2 aromatic rings. The quantitative estimate of drug-likeness (QED) is 0.668. The molecule has 2 rings (SSSR count). The third kappa shape index (κ3) is 2.04. The van der Waals surface area contributed by atoms with Gasteiger partial charge in [0.25, 0.3) is 0 Å². The van der Waals surface area contributed by atoms with Crippen molar-refractivity contribution >= 4 is 17.0 Å². The molecule has 0 aliphatic rings. The molecule has 8 nitrogen and oxygen atoms in total. The van der Waals surface area contributed by atoms with Gasteiger partial charge >= 0.3 is 17.4 Å². The van der Waals surface area contributed by atoms with Crippen molar-refractivity contribution in [2.24, 2.45) is 7.05 Å². The maximum Gasteiger partial charge on any atom is 0.424 e. The van der Waals surface area contributed by atoms with E-state index in [-0.39, 0.29) is 24.2 Å². The van der Waals surface area contributed by atoms with Crippen molar-refractivity contribution in [3.63, 3.8) is 0 Å². The summed E-state index contributed by atoms with van der Waals surface area (Å²) in [5.74, 6) is -1.53. The number of nitrogens with zero attached hydrogens (tertiary/aromatic N) is 3. The van der Waals surface area contributed by atoms with Crippen LogP contribution >= 0.6 is 0 Å². The zero-order valence-electron chi connectivity index (χ0n) is 9.87. The molecule has 0 aliphatic carbocycles. The normalized spacial score (nSPS) is 10.8. The van der Waals surface area contributed by atoms with Crippen LogP contribution in [0.1, 0.15) is 6.92 Å². The molecule has 18 heavy (non-hydrogen) atoms. The summed E-state index contributed by atoms with van der Waals surface area (Å²) in [6.45, 7) is 1.52. The predicted molar refractivity (Wildman–Crippen MR) is 60.1 cm³/mol. The Balaban J connectivity index is 2.59. The molecule has 2 aromatic heterocycles. The molecule has 0 radical (unpaired) electrons. The van der Waals surface area contributed by atoms with Crippen LogP contribution in [-0.2, 0) is 23.1 Å². The zero-order chi connectivity index (χ0) is 13.3. The highest BCUT2D eigenvalue weighted by molar-refractivity contribution is 5.75. The van der Waals surface area contributed by atoms with Crippen molar-refractivity contribution in [1.29, 1.82) is 0 Å². The fourth-order valence-electron chi connectivity index (χ4n) is 1.57. The lowest BCUT2D eigenvalue weighted by Crippen LogP contribution is -2.28. The topological polar surface area (TPSA) is 96.3 Å². The molecule has 0 N–H and O–H groups in total. The van der Waals surface area contributed by atoms with Crippen molar-refractivity contribution < 1.29 is 13.9 Å². The number of carbonyl (C=O) groups is 1. The summed E-state index contributed by atoms with van der Waals surface area (Å²) in [6.07, 6.45) is 1.42. The molecule has 0 aromatic carbocycles. The lowest BCUT2D eigenvalue weighted by molar-refractivity contribution is -0.143. The molecule has 0 atom stereocenters. The van der Waals surface area contributed by atoms with Crippen molar-refractivity contribution in [3.8, 4) is 0 Å². The van der Waals surface area contributed by atoms with Crippen LogP contribution in [-0.4, -0.2) is 26.9 Å². The minimum absolute atomic E-state index is 0.104. The average molecular weight is 253 g/mol. The molecule has 0 aliphatic heterocycles. The van der Waals surface area contributed by atoms with Gasteiger partial charge in [0.1, 0.15) is 11.9 Å². The van der Waals surface area contributed by atoms with E-state index in [2.05, 4.69) is 9.52 Å². The minimum atomic E-state index is -0.931. The van der Waals surface area contributed by atoms with Gasteiger partial charge in [-0.15, -0.1) is 0 Å². The number of hydrogen-bond acceptors (Lipinski definition) is 6. The van der Waals surface area contributed by atoms with Gasteiger partial charge in [-0.2, -0.15) is 5.10 Å². The highest BCUT2D eigenvalue weighted by Crippen LogP contribution is 2.04. The summed E-state index contributed by atoms with van der Waals surface area (Å²) >= 11 is 0. The second-order valence-corrected chi connectivity index (χ2v) is 3.59. The van der Waals surface area contributed by atoms with E-state index >= 15 is 0 Å². The predicted octanol–water partition coefficient (Wildman–Crippen LogP) is -0.749. The fraction of sp³-hybridized carbons (Fsp3) is 0.400. The van der Waals surface area contributed by atoms with Crippen molar-refractivity contribution in [2.45, 2.75) is 13.5 Å². The van der Waals surface area contributed by atoms with Crippen molar-refractivity contribution in [2.75, 3.05) is 6.61 Å². The van der Waals surface area contributed by atoms with Crippen LogP contribution in [0.2, 0.25) is 0 Å². The van der Waals surface area contributed by atoms with E-state index in [1.807, 2.05) is 0 Å². The van der Waals surface area contributed by atoms with Gasteiger partial charge in [-0.25, -0.2) is 14.2 Å². The largest absolute Gasteiger partial charge is 0.465 e. The Morgan fingerprint density at radius 2 is 2.22 bits per heavy atom. The maximum atomic E-state index is 11.5. The van der Waals surface area contributed by atoms with Crippen LogP contribution in [0.15, 0.2) is 20.2 Å². The van der Waals surface area contributed by atoms with Gasteiger partial charge in [-0.1, -0.05) is 0 Å². The minimum Gasteiger partial charge on any atom is -0.465 e. The molecule has 0 amide bonds. The number of carbonyl (C=O) groups excluding carboxylic acids is 1. The van der Waals surface area contributed by atoms with Gasteiger partial charge < -0.3 is 9.15 Å². The van der Waals surface area contributed by atoms with Crippen LogP contribution < -0.4 is 11.4 Å². The van der Waals surface area contributed by atoms with Crippen LogP contribution in [0, 0.1) is 0 Å². The first-order valence-corrected chi connectivity index (χ1v) is 5.26. The van der Waals surface area contributed by atoms with Gasteiger partial charge in [0.2, 0.25) is 0 Å². The van der Waals surface area contributed by atoms with Gasteiger partial charge in [0.05, 0.1) is 6.61 Å². The number of ether oxygens (including phenoxy) is 1. The lowest BCUT2D eigenvalue weighted by Gasteiger charge is -2.04. The van der Waals surface area contributed by atoms with Crippen LogP contribution in [0.3, 0.4) is 0 Å². The fourth-order valence-corrected chi connectivity index (χ4v) is 1.57. The van der Waals surface area contributed by atoms with E-state index < -0.39 is 17.4 Å². The molecule has 0 saturated heterocycles. The third-order valence-electron chi connectivity index (χ3n) is 2.28. The number of fused-ring (bicyclic) bond motifs is 1. The van der Waals surface area contributed by atoms with Crippen LogP contribution in [0.5, 0.6) is 0 Å². The number of aromatic nitrogens is 3. The van der Waals surface area contributed by atoms with E-state index in [1.54, 1.807) is 14.0 Å². The van der Waals surface area contributed by atoms with E-state index in [0.29, 0.717) is 0 Å². The first-order valence-electron chi connectivity index (χ1n) is 5.26. The first kappa shape index (κ1) is 12.1. The van der Waals surface area contributed by atoms with Crippen LogP contribution in [0.25, 0.3) is 11.0 Å². The first-order chi connectivity index (χ1) is 8.52. The Kier molecular flexibility index (Phi) is 3.00. The standard InChI is InChI=1S/C10H11N3O5/c1-3-17-7(14)5-13-8-6(4-12(2)11-8)9(15)18-10(13)16/h4H,3,5H2,1-2H3. The molecule has 0 saturated carbocycles. The Labute approximate surface area is 100 Å². The number of hydrogen-bond donors (Lipinski definition) is 0. The van der Waals surface area contributed by atoms with E-state index in [1.165, 1.54) is 10.9 Å². The summed E-state index contributed by atoms with van der Waals surface area (Å²) in [7, 11) is 1.60. The second kappa shape index (κ2) is 4.47. The molecule has 0 bridgehead atoms. The number of aryl methyl sites for hydroxylation is 1. The molecule has 2 heterocycles. The molecule has 96 valence electrons. The van der Waals surface area contributed by atoms with Crippen molar-refractivity contribution in [3.05, 3.63) is 27.2 Å².